The number of imidazole rings is 1. The molecule has 0 N–H and O–H groups in total. The monoisotopic (exact) mass is 1080 g/mol. The van der Waals surface area contributed by atoms with Crippen molar-refractivity contribution < 1.29 is 37.2 Å². The van der Waals surface area contributed by atoms with Crippen LogP contribution in [0.4, 0.5) is 0 Å². The first-order valence-electron chi connectivity index (χ1n) is 25.6. The summed E-state index contributed by atoms with van der Waals surface area (Å²) in [5.74, 6) is 1.52. The Hall–Kier alpha value is -8.11. The average molecular weight is 1090 g/mol. The molecule has 0 saturated heterocycles. The quantitative estimate of drug-likeness (QED) is 0.123. The molecule has 0 radical (unpaired) electrons. The Kier molecular flexibility index (Phi) is 9.26. The number of hydrogen-bond donors (Lipinski definition) is 0. The molecule has 0 atom stereocenters. The molecule has 0 aliphatic carbocycles. The molecule has 9 aromatic carbocycles. The van der Waals surface area contributed by atoms with Crippen molar-refractivity contribution >= 4 is 32.8 Å². The van der Waals surface area contributed by atoms with Gasteiger partial charge < -0.3 is 13.9 Å². The minimum absolute atomic E-state index is 0. The number of aromatic nitrogens is 4. The minimum Gasteiger partial charge on any atom is -0.510 e. The number of rotatable bonds is 6. The van der Waals surface area contributed by atoms with Gasteiger partial charge in [-0.2, -0.15) is 18.2 Å². The fourth-order valence-corrected chi connectivity index (χ4v) is 10.1. The molecule has 4 heterocycles. The van der Waals surface area contributed by atoms with Crippen LogP contribution in [0.1, 0.15) is 33.2 Å². The van der Waals surface area contributed by atoms with Gasteiger partial charge in [0.2, 0.25) is 0 Å². The Balaban J connectivity index is 0.00000569. The van der Waals surface area contributed by atoms with E-state index in [-0.39, 0.29) is 44.1 Å². The first-order chi connectivity index (χ1) is 35.9. The largest absolute Gasteiger partial charge is 0.510 e. The van der Waals surface area contributed by atoms with E-state index in [1.165, 1.54) is 0 Å². The molecule has 1 aliphatic rings. The summed E-state index contributed by atoms with van der Waals surface area (Å²) in [5, 5.41) is 1.45. The van der Waals surface area contributed by atoms with E-state index < -0.39 is 18.1 Å². The second-order valence-electron chi connectivity index (χ2n) is 18.4. The van der Waals surface area contributed by atoms with Crippen molar-refractivity contribution in [2.24, 2.45) is 0 Å². The summed E-state index contributed by atoms with van der Waals surface area (Å²) in [6.07, 6.45) is 5.65. The van der Waals surface area contributed by atoms with Crippen molar-refractivity contribution in [3.05, 3.63) is 236 Å². The number of para-hydroxylation sites is 2. The van der Waals surface area contributed by atoms with E-state index in [0.29, 0.717) is 33.8 Å². The summed E-state index contributed by atoms with van der Waals surface area (Å²) < 4.78 is 56.4. The summed E-state index contributed by atoms with van der Waals surface area (Å²) >= 11 is 0. The van der Waals surface area contributed by atoms with Crippen LogP contribution in [0.15, 0.2) is 212 Å². The van der Waals surface area contributed by atoms with Crippen LogP contribution in [0.25, 0.3) is 106 Å². The molecule has 6 heteroatoms. The van der Waals surface area contributed by atoms with E-state index in [0.717, 1.165) is 83.4 Å². The van der Waals surface area contributed by atoms with E-state index in [2.05, 4.69) is 164 Å². The molecule has 12 aromatic rings. The van der Waals surface area contributed by atoms with Crippen LogP contribution in [0.5, 0.6) is 11.5 Å². The fraction of sp³-hybridized carbons (Fsp3) is 0.0625. The van der Waals surface area contributed by atoms with Gasteiger partial charge in [-0.25, -0.2) is 4.98 Å². The third-order valence-corrected chi connectivity index (χ3v) is 13.2. The number of benzene rings is 9. The Bertz CT molecular complexity index is 4260. The molecular formula is C64H44N4OPt-2. The number of nitrogens with zero attached hydrogens (tertiary/aromatic N) is 4. The standard InChI is InChI=1S/C64H44N4O.Pt/c1-64(2,3)44-36-37-65-60(38-44)68-57-32-16-28-48(42-18-6-4-7-19-42)61(57)56-35-34-47(40-59(56)68)69-46-23-14-22-45(39-46)66-41-67-62-49(43-20-8-5-9-21-43)29-15-30-54(62)52-26-12-10-24-50(52)51-25-11-13-27-53(51)55-31-17-33-58(66)63(55)67;/h4-38H,1-3H3;/q-2;/i4D,6D,7D,18D,19D;. The van der Waals surface area contributed by atoms with E-state index in [1.54, 1.807) is 6.20 Å². The van der Waals surface area contributed by atoms with E-state index >= 15 is 0 Å². The summed E-state index contributed by atoms with van der Waals surface area (Å²) in [4.78, 5) is 4.88. The molecular weight excluding hydrogens is 1040 g/mol. The topological polar surface area (TPSA) is 35.9 Å². The Morgan fingerprint density at radius 2 is 1.17 bits per heavy atom. The minimum atomic E-state index is -0.441. The number of pyridine rings is 1. The molecule has 5 nitrogen and oxygen atoms in total. The molecule has 0 saturated carbocycles. The summed E-state index contributed by atoms with van der Waals surface area (Å²) in [6, 6.07) is 65.5. The van der Waals surface area contributed by atoms with E-state index in [1.807, 2.05) is 65.2 Å². The smallest absolute Gasteiger partial charge is 0.268 e. The SMILES string of the molecule is [2H]c1c([2H])c([2H])c(-c2cccc3c2c2ccc(Oc4[c-]c(-n5[c-][n+]6c7c(cccc75)-c5ccccc5-c5ccccc5-c5cccc(-c7ccccc7)c5-6)ccc4)[c-]c2n3-c2cc(C(C)(C)C)ccn2)c([2H])c1[2H].[Pt]. The van der Waals surface area contributed by atoms with Crippen molar-refractivity contribution in [1.29, 1.82) is 0 Å². The van der Waals surface area contributed by atoms with Crippen LogP contribution in [-0.2, 0) is 26.5 Å². The molecule has 0 bridgehead atoms. The van der Waals surface area contributed by atoms with Crippen molar-refractivity contribution in [1.82, 2.24) is 14.1 Å². The number of hydrogen-bond acceptors (Lipinski definition) is 2. The third kappa shape index (κ3) is 7.11. The van der Waals surface area contributed by atoms with Crippen molar-refractivity contribution in [2.75, 3.05) is 0 Å². The maximum atomic E-state index is 8.97. The van der Waals surface area contributed by atoms with Gasteiger partial charge in [-0.3, -0.25) is 4.57 Å². The van der Waals surface area contributed by atoms with Gasteiger partial charge in [0, 0.05) is 44.3 Å². The second-order valence-corrected chi connectivity index (χ2v) is 18.4. The summed E-state index contributed by atoms with van der Waals surface area (Å²) in [7, 11) is 0. The zero-order valence-electron chi connectivity index (χ0n) is 43.3. The van der Waals surface area contributed by atoms with Gasteiger partial charge in [-0.05, 0) is 95.9 Å². The maximum absolute atomic E-state index is 8.97. The third-order valence-electron chi connectivity index (χ3n) is 13.2. The normalized spacial score (nSPS) is 12.8. The first kappa shape index (κ1) is 37.8. The number of ether oxygens (including phenoxy) is 1. The van der Waals surface area contributed by atoms with Crippen LogP contribution >= 0.6 is 0 Å². The van der Waals surface area contributed by atoms with Gasteiger partial charge in [-0.15, -0.1) is 29.7 Å². The molecule has 0 unspecified atom stereocenters. The van der Waals surface area contributed by atoms with Crippen LogP contribution in [-0.4, -0.2) is 14.1 Å². The second kappa shape index (κ2) is 17.1. The van der Waals surface area contributed by atoms with Crippen molar-refractivity contribution in [3.63, 3.8) is 0 Å². The van der Waals surface area contributed by atoms with Crippen LogP contribution < -0.4 is 9.30 Å². The Labute approximate surface area is 428 Å². The van der Waals surface area contributed by atoms with Gasteiger partial charge in [0.25, 0.3) is 6.33 Å². The molecule has 0 spiro atoms. The zero-order valence-corrected chi connectivity index (χ0v) is 40.6. The molecule has 3 aromatic heterocycles. The average Bonchev–Trinajstić information content (AvgIpc) is 3.99. The fourth-order valence-electron chi connectivity index (χ4n) is 10.1. The van der Waals surface area contributed by atoms with Gasteiger partial charge in [0.1, 0.15) is 5.82 Å². The van der Waals surface area contributed by atoms with Gasteiger partial charge in [0.15, 0.2) is 0 Å². The predicted molar refractivity (Wildman–Crippen MR) is 279 cm³/mol. The molecule has 70 heavy (non-hydrogen) atoms. The van der Waals surface area contributed by atoms with Crippen LogP contribution in [0.2, 0.25) is 0 Å². The van der Waals surface area contributed by atoms with Gasteiger partial charge in [-0.1, -0.05) is 184 Å². The summed E-state index contributed by atoms with van der Waals surface area (Å²) in [6.45, 7) is 6.46. The van der Waals surface area contributed by atoms with Gasteiger partial charge in [0.05, 0.1) is 23.6 Å². The van der Waals surface area contributed by atoms with Crippen LogP contribution in [0, 0.1) is 18.5 Å². The zero-order chi connectivity index (χ0) is 50.6. The van der Waals surface area contributed by atoms with E-state index in [4.69, 9.17) is 16.6 Å². The maximum Gasteiger partial charge on any atom is 0.268 e. The first-order valence-corrected chi connectivity index (χ1v) is 23.1. The number of fused-ring (bicyclic) bond motifs is 10. The van der Waals surface area contributed by atoms with Gasteiger partial charge >= 0.3 is 0 Å². The Morgan fingerprint density at radius 3 is 1.93 bits per heavy atom. The molecule has 1 aliphatic heterocycles. The van der Waals surface area contributed by atoms with Crippen LogP contribution in [0.3, 0.4) is 0 Å². The van der Waals surface area contributed by atoms with E-state index in [9.17, 15) is 0 Å². The van der Waals surface area contributed by atoms with Crippen molar-refractivity contribution in [2.45, 2.75) is 26.2 Å². The predicted octanol–water partition coefficient (Wildman–Crippen LogP) is 15.5. The molecule has 338 valence electrons. The Morgan fingerprint density at radius 1 is 0.557 bits per heavy atom. The molecule has 0 amide bonds. The molecule has 0 fully saturated rings. The molecule has 13 rings (SSSR count). The van der Waals surface area contributed by atoms with Crippen molar-refractivity contribution in [3.8, 4) is 84.3 Å². The summed E-state index contributed by atoms with van der Waals surface area (Å²) in [5.41, 5.74) is 15.4.